The van der Waals surface area contributed by atoms with Gasteiger partial charge in [-0.1, -0.05) is 62.7 Å². The molecule has 0 saturated carbocycles. The quantitative estimate of drug-likeness (QED) is 0.888. The van der Waals surface area contributed by atoms with Crippen LogP contribution < -0.4 is 4.74 Å². The first-order valence-electron chi connectivity index (χ1n) is 6.95. The van der Waals surface area contributed by atoms with Gasteiger partial charge in [-0.2, -0.15) is 0 Å². The third kappa shape index (κ3) is 3.58. The summed E-state index contributed by atoms with van der Waals surface area (Å²) in [6.07, 6.45) is -0.738. The monoisotopic (exact) mass is 304 g/mol. The maximum Gasteiger partial charge on any atom is 0.120 e. The topological polar surface area (TPSA) is 29.5 Å². The molecule has 1 unspecified atom stereocenters. The number of aliphatic hydroxyl groups is 1. The molecule has 0 aromatic heterocycles. The van der Waals surface area contributed by atoms with E-state index in [1.807, 2.05) is 12.1 Å². The van der Waals surface area contributed by atoms with E-state index >= 15 is 0 Å². The fourth-order valence-corrected chi connectivity index (χ4v) is 2.48. The zero-order valence-electron chi connectivity index (χ0n) is 12.9. The predicted molar refractivity (Wildman–Crippen MR) is 87.2 cm³/mol. The molecule has 0 aliphatic rings. The van der Waals surface area contributed by atoms with Gasteiger partial charge in [0.1, 0.15) is 11.9 Å². The average Bonchev–Trinajstić information content (AvgIpc) is 2.45. The Morgan fingerprint density at radius 1 is 1.05 bits per heavy atom. The Labute approximate surface area is 131 Å². The van der Waals surface area contributed by atoms with Crippen LogP contribution in [0.25, 0.3) is 0 Å². The fourth-order valence-electron chi connectivity index (χ4n) is 2.20. The maximum atomic E-state index is 10.5. The molecule has 0 amide bonds. The van der Waals surface area contributed by atoms with Crippen LogP contribution in [0.2, 0.25) is 5.02 Å². The van der Waals surface area contributed by atoms with Crippen LogP contribution in [0, 0.1) is 0 Å². The first kappa shape index (κ1) is 15.9. The van der Waals surface area contributed by atoms with Crippen molar-refractivity contribution in [1.29, 1.82) is 0 Å². The van der Waals surface area contributed by atoms with Crippen LogP contribution in [-0.4, -0.2) is 12.2 Å². The molecule has 1 atom stereocenters. The SMILES string of the molecule is COc1ccc(C(O)c2ccc(C(C)(C)C)cc2)c(Cl)c1. The number of methoxy groups -OCH3 is 1. The van der Waals surface area contributed by atoms with Gasteiger partial charge in [0.15, 0.2) is 0 Å². The van der Waals surface area contributed by atoms with Crippen molar-refractivity contribution in [1.82, 2.24) is 0 Å². The molecule has 1 N–H and O–H groups in total. The van der Waals surface area contributed by atoms with Gasteiger partial charge in [0.05, 0.1) is 12.1 Å². The zero-order valence-corrected chi connectivity index (χ0v) is 13.6. The second kappa shape index (κ2) is 6.08. The molecular weight excluding hydrogens is 284 g/mol. The Bertz CT molecular complexity index is 612. The smallest absolute Gasteiger partial charge is 0.120 e. The largest absolute Gasteiger partial charge is 0.497 e. The third-order valence-corrected chi connectivity index (χ3v) is 3.92. The summed E-state index contributed by atoms with van der Waals surface area (Å²) >= 11 is 6.22. The number of aliphatic hydroxyl groups excluding tert-OH is 1. The van der Waals surface area contributed by atoms with Gasteiger partial charge in [0.2, 0.25) is 0 Å². The van der Waals surface area contributed by atoms with Gasteiger partial charge in [-0.15, -0.1) is 0 Å². The van der Waals surface area contributed by atoms with Crippen molar-refractivity contribution in [3.8, 4) is 5.75 Å². The molecule has 2 nitrogen and oxygen atoms in total. The van der Waals surface area contributed by atoms with Gasteiger partial charge < -0.3 is 9.84 Å². The van der Waals surface area contributed by atoms with E-state index < -0.39 is 6.10 Å². The Balaban J connectivity index is 2.30. The lowest BCUT2D eigenvalue weighted by molar-refractivity contribution is 0.220. The second-order valence-corrected chi connectivity index (χ2v) is 6.57. The van der Waals surface area contributed by atoms with E-state index in [0.29, 0.717) is 16.3 Å². The highest BCUT2D eigenvalue weighted by Crippen LogP contribution is 2.32. The van der Waals surface area contributed by atoms with Gasteiger partial charge >= 0.3 is 0 Å². The molecule has 2 aromatic carbocycles. The summed E-state index contributed by atoms with van der Waals surface area (Å²) in [7, 11) is 1.59. The van der Waals surface area contributed by atoms with Gasteiger partial charge in [0, 0.05) is 5.56 Å². The molecule has 2 rings (SSSR count). The normalized spacial score (nSPS) is 13.0. The molecule has 21 heavy (non-hydrogen) atoms. The van der Waals surface area contributed by atoms with E-state index in [-0.39, 0.29) is 5.41 Å². The maximum absolute atomic E-state index is 10.5. The van der Waals surface area contributed by atoms with Crippen molar-refractivity contribution in [2.24, 2.45) is 0 Å². The molecule has 0 radical (unpaired) electrons. The van der Waals surface area contributed by atoms with Crippen LogP contribution in [0.15, 0.2) is 42.5 Å². The van der Waals surface area contributed by atoms with Crippen LogP contribution in [0.1, 0.15) is 43.6 Å². The van der Waals surface area contributed by atoms with Crippen molar-refractivity contribution < 1.29 is 9.84 Å². The number of hydrogen-bond acceptors (Lipinski definition) is 2. The summed E-state index contributed by atoms with van der Waals surface area (Å²) in [6.45, 7) is 6.50. The highest BCUT2D eigenvalue weighted by Gasteiger charge is 2.17. The minimum absolute atomic E-state index is 0.0985. The molecule has 0 spiro atoms. The molecule has 0 heterocycles. The van der Waals surface area contributed by atoms with Crippen molar-refractivity contribution >= 4 is 11.6 Å². The van der Waals surface area contributed by atoms with Crippen molar-refractivity contribution in [3.05, 3.63) is 64.2 Å². The highest BCUT2D eigenvalue weighted by atomic mass is 35.5. The van der Waals surface area contributed by atoms with Crippen molar-refractivity contribution in [2.75, 3.05) is 7.11 Å². The summed E-state index contributed by atoms with van der Waals surface area (Å²) in [5.74, 6) is 0.680. The second-order valence-electron chi connectivity index (χ2n) is 6.16. The summed E-state index contributed by atoms with van der Waals surface area (Å²) in [6, 6.07) is 13.3. The first-order valence-corrected chi connectivity index (χ1v) is 7.32. The van der Waals surface area contributed by atoms with Crippen molar-refractivity contribution in [2.45, 2.75) is 32.3 Å². The van der Waals surface area contributed by atoms with E-state index in [2.05, 4.69) is 32.9 Å². The molecule has 0 aliphatic heterocycles. The lowest BCUT2D eigenvalue weighted by atomic mass is 9.86. The number of hydrogen-bond donors (Lipinski definition) is 1. The first-order chi connectivity index (χ1) is 9.82. The molecule has 0 saturated heterocycles. The van der Waals surface area contributed by atoms with Crippen molar-refractivity contribution in [3.63, 3.8) is 0 Å². The third-order valence-electron chi connectivity index (χ3n) is 3.59. The van der Waals surface area contributed by atoms with Crippen LogP contribution >= 0.6 is 11.6 Å². The molecule has 3 heteroatoms. The predicted octanol–water partition coefficient (Wildman–Crippen LogP) is 4.73. The Morgan fingerprint density at radius 3 is 2.14 bits per heavy atom. The number of benzene rings is 2. The molecule has 0 bridgehead atoms. The Morgan fingerprint density at radius 2 is 1.67 bits per heavy atom. The number of ether oxygens (including phenoxy) is 1. The van der Waals surface area contributed by atoms with E-state index in [0.717, 1.165) is 5.56 Å². The van der Waals surface area contributed by atoms with E-state index in [1.54, 1.807) is 25.3 Å². The van der Waals surface area contributed by atoms with E-state index in [1.165, 1.54) is 5.56 Å². The minimum atomic E-state index is -0.738. The Hall–Kier alpha value is -1.51. The zero-order chi connectivity index (χ0) is 15.6. The number of rotatable bonds is 3. The van der Waals surface area contributed by atoms with Gasteiger partial charge in [-0.25, -0.2) is 0 Å². The minimum Gasteiger partial charge on any atom is -0.497 e. The standard InChI is InChI=1S/C18H21ClO2/c1-18(2,3)13-7-5-12(6-8-13)17(20)15-10-9-14(21-4)11-16(15)19/h5-11,17,20H,1-4H3. The van der Waals surface area contributed by atoms with Gasteiger partial charge in [-0.3, -0.25) is 0 Å². The molecule has 2 aromatic rings. The summed E-state index contributed by atoms with van der Waals surface area (Å²) in [4.78, 5) is 0. The summed E-state index contributed by atoms with van der Waals surface area (Å²) < 4.78 is 5.12. The molecule has 0 aliphatic carbocycles. The molecule has 0 fully saturated rings. The fraction of sp³-hybridized carbons (Fsp3) is 0.333. The Kier molecular flexibility index (Phi) is 4.60. The van der Waals surface area contributed by atoms with Crippen LogP contribution in [0.4, 0.5) is 0 Å². The lowest BCUT2D eigenvalue weighted by Crippen LogP contribution is -2.11. The number of halogens is 1. The van der Waals surface area contributed by atoms with Crippen LogP contribution in [0.3, 0.4) is 0 Å². The van der Waals surface area contributed by atoms with E-state index in [9.17, 15) is 5.11 Å². The molecular formula is C18H21ClO2. The lowest BCUT2D eigenvalue weighted by Gasteiger charge is -2.20. The van der Waals surface area contributed by atoms with E-state index in [4.69, 9.17) is 16.3 Å². The van der Waals surface area contributed by atoms with Gasteiger partial charge in [-0.05, 0) is 28.7 Å². The van der Waals surface area contributed by atoms with Crippen LogP contribution in [0.5, 0.6) is 5.75 Å². The van der Waals surface area contributed by atoms with Gasteiger partial charge in [0.25, 0.3) is 0 Å². The summed E-state index contributed by atoms with van der Waals surface area (Å²) in [5.41, 5.74) is 2.84. The average molecular weight is 305 g/mol. The summed E-state index contributed by atoms with van der Waals surface area (Å²) in [5, 5.41) is 11.0. The molecule has 112 valence electrons. The highest BCUT2D eigenvalue weighted by molar-refractivity contribution is 6.31. The van der Waals surface area contributed by atoms with Crippen LogP contribution in [-0.2, 0) is 5.41 Å².